The van der Waals surface area contributed by atoms with Crippen molar-refractivity contribution in [2.75, 3.05) is 26.3 Å². The average molecular weight is 346 g/mol. The Hall–Kier alpha value is -1.88. The van der Waals surface area contributed by atoms with E-state index in [0.29, 0.717) is 31.9 Å². The van der Waals surface area contributed by atoms with E-state index in [1.165, 1.54) is 5.56 Å². The van der Waals surface area contributed by atoms with Gasteiger partial charge in [-0.05, 0) is 29.0 Å². The molecule has 0 aromatic heterocycles. The maximum atomic E-state index is 12.7. The number of nitrogens with one attached hydrogen (secondary N) is 1. The molecular weight excluding hydrogens is 316 g/mol. The van der Waals surface area contributed by atoms with Crippen LogP contribution in [-0.4, -0.2) is 49.1 Å². The molecule has 25 heavy (non-hydrogen) atoms. The minimum absolute atomic E-state index is 0.0214. The molecule has 5 nitrogen and oxygen atoms in total. The highest BCUT2D eigenvalue weighted by Crippen LogP contribution is 2.22. The lowest BCUT2D eigenvalue weighted by atomic mass is 9.86. The van der Waals surface area contributed by atoms with Gasteiger partial charge in [-0.1, -0.05) is 46.8 Å². The third-order valence-electron chi connectivity index (χ3n) is 4.56. The number of rotatable bonds is 4. The molecule has 1 aromatic carbocycles. The zero-order valence-electron chi connectivity index (χ0n) is 16.0. The molecule has 1 fully saturated rings. The average Bonchev–Trinajstić information content (AvgIpc) is 2.58. The van der Waals surface area contributed by atoms with Gasteiger partial charge >= 0.3 is 0 Å². The van der Waals surface area contributed by atoms with Gasteiger partial charge in [0.1, 0.15) is 6.04 Å². The molecule has 1 saturated heterocycles. The van der Waals surface area contributed by atoms with E-state index in [-0.39, 0.29) is 23.1 Å². The molecule has 1 aliphatic heterocycles. The Morgan fingerprint density at radius 3 is 2.12 bits per heavy atom. The highest BCUT2D eigenvalue weighted by Gasteiger charge is 2.29. The minimum atomic E-state index is -0.520. The Morgan fingerprint density at radius 2 is 1.64 bits per heavy atom. The van der Waals surface area contributed by atoms with Gasteiger partial charge in [0.2, 0.25) is 5.91 Å². The van der Waals surface area contributed by atoms with E-state index in [9.17, 15) is 9.59 Å². The van der Waals surface area contributed by atoms with E-state index >= 15 is 0 Å². The molecule has 2 rings (SSSR count). The number of ether oxygens (including phenoxy) is 1. The molecule has 1 aliphatic rings. The molecule has 1 atom stereocenters. The lowest BCUT2D eigenvalue weighted by molar-refractivity contribution is -0.138. The Bertz CT molecular complexity index is 596. The Kier molecular flexibility index (Phi) is 6.22. The zero-order valence-corrected chi connectivity index (χ0v) is 16.0. The molecule has 0 saturated carbocycles. The monoisotopic (exact) mass is 346 g/mol. The first-order valence-electron chi connectivity index (χ1n) is 8.98. The molecule has 1 heterocycles. The van der Waals surface area contributed by atoms with Crippen LogP contribution in [0.1, 0.15) is 50.5 Å². The van der Waals surface area contributed by atoms with Gasteiger partial charge in [0, 0.05) is 18.7 Å². The normalized spacial score (nSPS) is 16.6. The number of amides is 2. The summed E-state index contributed by atoms with van der Waals surface area (Å²) in [4.78, 5) is 27.1. The van der Waals surface area contributed by atoms with Gasteiger partial charge in [-0.3, -0.25) is 9.59 Å². The van der Waals surface area contributed by atoms with Crippen molar-refractivity contribution >= 4 is 11.8 Å². The highest BCUT2D eigenvalue weighted by molar-refractivity contribution is 5.97. The lowest BCUT2D eigenvalue weighted by Gasteiger charge is -2.32. The first-order chi connectivity index (χ1) is 11.7. The minimum Gasteiger partial charge on any atom is -0.378 e. The second kappa shape index (κ2) is 8.00. The fourth-order valence-electron chi connectivity index (χ4n) is 2.84. The van der Waals surface area contributed by atoms with Crippen molar-refractivity contribution in [1.29, 1.82) is 0 Å². The van der Waals surface area contributed by atoms with E-state index in [1.54, 1.807) is 4.90 Å². The molecule has 138 valence electrons. The van der Waals surface area contributed by atoms with Gasteiger partial charge in [0.05, 0.1) is 13.2 Å². The van der Waals surface area contributed by atoms with Gasteiger partial charge in [0.25, 0.3) is 5.91 Å². The van der Waals surface area contributed by atoms with Crippen LogP contribution in [0.2, 0.25) is 0 Å². The van der Waals surface area contributed by atoms with Crippen molar-refractivity contribution in [3.63, 3.8) is 0 Å². The van der Waals surface area contributed by atoms with Gasteiger partial charge in [0.15, 0.2) is 0 Å². The maximum absolute atomic E-state index is 12.7. The number of hydrogen-bond acceptors (Lipinski definition) is 3. The van der Waals surface area contributed by atoms with Crippen LogP contribution in [0.25, 0.3) is 0 Å². The summed E-state index contributed by atoms with van der Waals surface area (Å²) in [5, 5.41) is 2.92. The molecule has 0 unspecified atom stereocenters. The van der Waals surface area contributed by atoms with E-state index in [2.05, 4.69) is 26.1 Å². The van der Waals surface area contributed by atoms with Crippen molar-refractivity contribution in [2.45, 2.75) is 46.1 Å². The second-order valence-corrected chi connectivity index (χ2v) is 7.96. The topological polar surface area (TPSA) is 58.6 Å². The van der Waals surface area contributed by atoms with Crippen molar-refractivity contribution in [3.8, 4) is 0 Å². The summed E-state index contributed by atoms with van der Waals surface area (Å²) in [7, 11) is 0. The van der Waals surface area contributed by atoms with E-state index in [1.807, 2.05) is 38.1 Å². The summed E-state index contributed by atoms with van der Waals surface area (Å²) >= 11 is 0. The first-order valence-corrected chi connectivity index (χ1v) is 8.98. The number of hydrogen-bond donors (Lipinski definition) is 1. The van der Waals surface area contributed by atoms with Crippen molar-refractivity contribution in [2.24, 2.45) is 5.92 Å². The SMILES string of the molecule is CC(C)[C@@H](NC(=O)c1ccc(C(C)(C)C)cc1)C(=O)N1CCOCC1. The Balaban J connectivity index is 2.08. The van der Waals surface area contributed by atoms with Crippen LogP contribution in [0.3, 0.4) is 0 Å². The van der Waals surface area contributed by atoms with E-state index in [4.69, 9.17) is 4.74 Å². The van der Waals surface area contributed by atoms with Crippen LogP contribution in [0.5, 0.6) is 0 Å². The summed E-state index contributed by atoms with van der Waals surface area (Å²) in [6.07, 6.45) is 0. The smallest absolute Gasteiger partial charge is 0.251 e. The quantitative estimate of drug-likeness (QED) is 0.912. The van der Waals surface area contributed by atoms with Crippen LogP contribution < -0.4 is 5.32 Å². The van der Waals surface area contributed by atoms with Gasteiger partial charge < -0.3 is 15.0 Å². The lowest BCUT2D eigenvalue weighted by Crippen LogP contribution is -2.53. The third kappa shape index (κ3) is 5.05. The Labute approximate surface area is 150 Å². The van der Waals surface area contributed by atoms with Crippen LogP contribution in [-0.2, 0) is 14.9 Å². The summed E-state index contributed by atoms with van der Waals surface area (Å²) in [6.45, 7) is 12.6. The summed E-state index contributed by atoms with van der Waals surface area (Å²) < 4.78 is 5.30. The number of nitrogens with zero attached hydrogens (tertiary/aromatic N) is 1. The number of carbonyl (C=O) groups is 2. The molecule has 1 aromatic rings. The third-order valence-corrected chi connectivity index (χ3v) is 4.56. The van der Waals surface area contributed by atoms with E-state index < -0.39 is 6.04 Å². The van der Waals surface area contributed by atoms with Crippen molar-refractivity contribution in [1.82, 2.24) is 10.2 Å². The van der Waals surface area contributed by atoms with Crippen LogP contribution in [0, 0.1) is 5.92 Å². The largest absolute Gasteiger partial charge is 0.378 e. The van der Waals surface area contributed by atoms with Gasteiger partial charge in [-0.2, -0.15) is 0 Å². The van der Waals surface area contributed by atoms with Crippen LogP contribution in [0.4, 0.5) is 0 Å². The van der Waals surface area contributed by atoms with Gasteiger partial charge in [-0.25, -0.2) is 0 Å². The number of morpholine rings is 1. The van der Waals surface area contributed by atoms with Gasteiger partial charge in [-0.15, -0.1) is 0 Å². The Morgan fingerprint density at radius 1 is 1.08 bits per heavy atom. The standard InChI is InChI=1S/C20H30N2O3/c1-14(2)17(19(24)22-10-12-25-13-11-22)21-18(23)15-6-8-16(9-7-15)20(3,4)5/h6-9,14,17H,10-13H2,1-5H3,(H,21,23)/t17-/m1/s1. The predicted octanol–water partition coefficient (Wildman–Crippen LogP) is 2.60. The summed E-state index contributed by atoms with van der Waals surface area (Å²) in [5.74, 6) is -0.216. The van der Waals surface area contributed by atoms with Crippen molar-refractivity contribution in [3.05, 3.63) is 35.4 Å². The second-order valence-electron chi connectivity index (χ2n) is 7.96. The van der Waals surface area contributed by atoms with Crippen LogP contribution in [0.15, 0.2) is 24.3 Å². The zero-order chi connectivity index (χ0) is 18.6. The summed E-state index contributed by atoms with van der Waals surface area (Å²) in [6, 6.07) is 7.08. The molecule has 0 aliphatic carbocycles. The van der Waals surface area contributed by atoms with Crippen molar-refractivity contribution < 1.29 is 14.3 Å². The first kappa shape index (κ1) is 19.4. The molecule has 0 spiro atoms. The number of benzene rings is 1. The van der Waals surface area contributed by atoms with Crippen LogP contribution >= 0.6 is 0 Å². The highest BCUT2D eigenvalue weighted by atomic mass is 16.5. The summed E-state index contributed by atoms with van der Waals surface area (Å²) in [5.41, 5.74) is 1.80. The number of carbonyl (C=O) groups excluding carboxylic acids is 2. The fourth-order valence-corrected chi connectivity index (χ4v) is 2.84. The maximum Gasteiger partial charge on any atom is 0.251 e. The predicted molar refractivity (Wildman–Crippen MR) is 98.6 cm³/mol. The molecule has 0 bridgehead atoms. The molecular formula is C20H30N2O3. The fraction of sp³-hybridized carbons (Fsp3) is 0.600. The molecule has 1 N–H and O–H groups in total. The molecule has 0 radical (unpaired) electrons. The van der Waals surface area contributed by atoms with E-state index in [0.717, 1.165) is 0 Å². The molecule has 2 amide bonds. The molecule has 5 heteroatoms.